The third kappa shape index (κ3) is 3.84. The largest absolute Gasteiger partial charge is 0.394 e. The molecule has 0 fully saturated rings. The summed E-state index contributed by atoms with van der Waals surface area (Å²) < 4.78 is 0. The third-order valence-corrected chi connectivity index (χ3v) is 2.81. The molecule has 1 heterocycles. The van der Waals surface area contributed by atoms with E-state index < -0.39 is 0 Å². The van der Waals surface area contributed by atoms with E-state index in [2.05, 4.69) is 36.1 Å². The molecule has 1 aromatic rings. The average molecular weight is 233 g/mol. The van der Waals surface area contributed by atoms with Crippen LogP contribution < -0.4 is 5.32 Å². The average Bonchev–Trinajstić information content (AvgIpc) is 2.33. The van der Waals surface area contributed by atoms with E-state index in [4.69, 9.17) is 0 Å². The molecule has 17 heavy (non-hydrogen) atoms. The number of unbranched alkanes of at least 4 members (excludes halogenated alkanes) is 1. The predicted octanol–water partition coefficient (Wildman–Crippen LogP) is 2.88. The van der Waals surface area contributed by atoms with Crippen molar-refractivity contribution in [1.29, 1.82) is 0 Å². The molecule has 0 atom stereocenters. The normalized spacial score (nSPS) is 11.1. The first-order chi connectivity index (χ1) is 8.22. The summed E-state index contributed by atoms with van der Waals surface area (Å²) in [6.07, 6.45) is 8.23. The van der Waals surface area contributed by atoms with E-state index >= 15 is 0 Å². The fraction of sp³-hybridized carbons (Fsp3) is 0.571. The maximum Gasteiger partial charge on any atom is 0.129 e. The summed E-state index contributed by atoms with van der Waals surface area (Å²) in [5.41, 5.74) is 3.42. The van der Waals surface area contributed by atoms with Gasteiger partial charge >= 0.3 is 0 Å². The van der Waals surface area contributed by atoms with Gasteiger partial charge in [-0.3, -0.25) is 0 Å². The van der Waals surface area contributed by atoms with E-state index in [1.54, 1.807) is 0 Å². The molecule has 0 aliphatic rings. The Balaban J connectivity index is 3.05. The summed E-state index contributed by atoms with van der Waals surface area (Å²) in [6.45, 7) is 6.41. The van der Waals surface area contributed by atoms with E-state index in [-0.39, 0.29) is 0 Å². The zero-order valence-corrected chi connectivity index (χ0v) is 11.4. The van der Waals surface area contributed by atoms with Gasteiger partial charge in [-0.2, -0.15) is 0 Å². The van der Waals surface area contributed by atoms with Crippen LogP contribution in [0.3, 0.4) is 0 Å². The zero-order valence-electron chi connectivity index (χ0n) is 11.4. The van der Waals surface area contributed by atoms with Crippen LogP contribution in [0.5, 0.6) is 0 Å². The summed E-state index contributed by atoms with van der Waals surface area (Å²) in [6, 6.07) is 0. The molecular formula is C14H23N3. The summed E-state index contributed by atoms with van der Waals surface area (Å²) >= 11 is 0. The fourth-order valence-electron chi connectivity index (χ4n) is 1.86. The number of rotatable bonds is 6. The van der Waals surface area contributed by atoms with Crippen molar-refractivity contribution < 1.29 is 0 Å². The monoisotopic (exact) mass is 233 g/mol. The van der Waals surface area contributed by atoms with Crippen LogP contribution in [0, 0.1) is 6.92 Å². The molecule has 0 aromatic carbocycles. The molecule has 0 radical (unpaired) electrons. The first kappa shape index (κ1) is 13.7. The Morgan fingerprint density at radius 2 is 2.00 bits per heavy atom. The van der Waals surface area contributed by atoms with Crippen molar-refractivity contribution in [1.82, 2.24) is 15.3 Å². The lowest BCUT2D eigenvalue weighted by Gasteiger charge is -2.09. The number of nitrogens with zero attached hydrogens (tertiary/aromatic N) is 2. The SMILES string of the molecule is CCCCc1nc(C)c(CC)c(/C=C/NC)n1. The van der Waals surface area contributed by atoms with E-state index in [1.165, 1.54) is 12.0 Å². The standard InChI is InChI=1S/C14H23N3/c1-5-7-8-14-16-11(3)12(6-2)13(17-14)9-10-15-4/h9-10,15H,5-8H2,1-4H3/b10-9+. The molecule has 0 bridgehead atoms. The smallest absolute Gasteiger partial charge is 0.129 e. The Morgan fingerprint density at radius 3 is 2.59 bits per heavy atom. The summed E-state index contributed by atoms with van der Waals surface area (Å²) in [5, 5.41) is 3.01. The van der Waals surface area contributed by atoms with Gasteiger partial charge in [-0.1, -0.05) is 20.3 Å². The van der Waals surface area contributed by atoms with Crippen molar-refractivity contribution in [3.63, 3.8) is 0 Å². The second-order valence-electron chi connectivity index (χ2n) is 4.17. The Hall–Kier alpha value is -1.38. The lowest BCUT2D eigenvalue weighted by atomic mass is 10.1. The van der Waals surface area contributed by atoms with E-state index in [0.717, 1.165) is 36.5 Å². The highest BCUT2D eigenvalue weighted by molar-refractivity contribution is 5.50. The number of hydrogen-bond acceptors (Lipinski definition) is 3. The minimum absolute atomic E-state index is 0.970. The Labute approximate surface area is 104 Å². The van der Waals surface area contributed by atoms with Gasteiger partial charge in [0.05, 0.1) is 5.69 Å². The third-order valence-electron chi connectivity index (χ3n) is 2.81. The van der Waals surface area contributed by atoms with E-state index in [1.807, 2.05) is 19.3 Å². The molecular weight excluding hydrogens is 210 g/mol. The van der Waals surface area contributed by atoms with Crippen LogP contribution >= 0.6 is 0 Å². The maximum absolute atomic E-state index is 4.64. The first-order valence-electron chi connectivity index (χ1n) is 6.43. The van der Waals surface area contributed by atoms with Crippen molar-refractivity contribution in [2.75, 3.05) is 7.05 Å². The molecule has 0 aliphatic heterocycles. The van der Waals surface area contributed by atoms with E-state index in [9.17, 15) is 0 Å². The highest BCUT2D eigenvalue weighted by Crippen LogP contribution is 2.14. The van der Waals surface area contributed by atoms with Crippen molar-refractivity contribution in [3.05, 3.63) is 29.0 Å². The lowest BCUT2D eigenvalue weighted by molar-refractivity contribution is 0.742. The van der Waals surface area contributed by atoms with Crippen molar-refractivity contribution in [3.8, 4) is 0 Å². The van der Waals surface area contributed by atoms with Gasteiger partial charge in [0, 0.05) is 19.2 Å². The molecule has 3 nitrogen and oxygen atoms in total. The molecule has 3 heteroatoms. The van der Waals surface area contributed by atoms with Gasteiger partial charge in [-0.15, -0.1) is 0 Å². The molecule has 1 N–H and O–H groups in total. The number of nitrogens with one attached hydrogen (secondary N) is 1. The molecule has 0 saturated carbocycles. The van der Waals surface area contributed by atoms with Crippen LogP contribution in [0.4, 0.5) is 0 Å². The minimum atomic E-state index is 0.970. The fourth-order valence-corrected chi connectivity index (χ4v) is 1.86. The van der Waals surface area contributed by atoms with Crippen molar-refractivity contribution >= 4 is 6.08 Å². The number of aryl methyl sites for hydroxylation is 2. The number of hydrogen-bond donors (Lipinski definition) is 1. The molecule has 1 rings (SSSR count). The van der Waals surface area contributed by atoms with Crippen LogP contribution in [0.1, 0.15) is 49.5 Å². The Bertz CT molecular complexity index is 383. The molecule has 94 valence electrons. The van der Waals surface area contributed by atoms with Gasteiger partial charge in [0.15, 0.2) is 0 Å². The van der Waals surface area contributed by atoms with Crippen molar-refractivity contribution in [2.24, 2.45) is 0 Å². The van der Waals surface area contributed by atoms with E-state index in [0.29, 0.717) is 0 Å². The second kappa shape index (κ2) is 7.05. The molecule has 0 saturated heterocycles. The quantitative estimate of drug-likeness (QED) is 0.821. The Morgan fingerprint density at radius 1 is 1.24 bits per heavy atom. The Kier molecular flexibility index (Phi) is 5.67. The van der Waals surface area contributed by atoms with Crippen LogP contribution in [-0.4, -0.2) is 17.0 Å². The van der Waals surface area contributed by atoms with Gasteiger partial charge in [0.25, 0.3) is 0 Å². The van der Waals surface area contributed by atoms with Gasteiger partial charge in [-0.05, 0) is 37.6 Å². The predicted molar refractivity (Wildman–Crippen MR) is 72.9 cm³/mol. The minimum Gasteiger partial charge on any atom is -0.394 e. The van der Waals surface area contributed by atoms with Gasteiger partial charge < -0.3 is 5.32 Å². The highest BCUT2D eigenvalue weighted by Gasteiger charge is 2.07. The van der Waals surface area contributed by atoms with Gasteiger partial charge in [-0.25, -0.2) is 9.97 Å². The molecule has 0 spiro atoms. The topological polar surface area (TPSA) is 37.8 Å². The second-order valence-corrected chi connectivity index (χ2v) is 4.17. The molecule has 0 aliphatic carbocycles. The highest BCUT2D eigenvalue weighted by atomic mass is 14.9. The molecule has 1 aromatic heterocycles. The molecule has 0 amide bonds. The van der Waals surface area contributed by atoms with Crippen LogP contribution in [0.15, 0.2) is 6.20 Å². The van der Waals surface area contributed by atoms with Crippen LogP contribution in [0.2, 0.25) is 0 Å². The van der Waals surface area contributed by atoms with Crippen LogP contribution in [-0.2, 0) is 12.8 Å². The summed E-state index contributed by atoms with van der Waals surface area (Å²) in [5.74, 6) is 0.970. The van der Waals surface area contributed by atoms with Crippen molar-refractivity contribution in [2.45, 2.75) is 46.5 Å². The van der Waals surface area contributed by atoms with Gasteiger partial charge in [0.2, 0.25) is 0 Å². The molecule has 0 unspecified atom stereocenters. The summed E-state index contributed by atoms with van der Waals surface area (Å²) in [7, 11) is 1.90. The zero-order chi connectivity index (χ0) is 12.7. The lowest BCUT2D eigenvalue weighted by Crippen LogP contribution is -2.05. The first-order valence-corrected chi connectivity index (χ1v) is 6.43. The maximum atomic E-state index is 4.64. The van der Waals surface area contributed by atoms with Gasteiger partial charge in [0.1, 0.15) is 5.82 Å². The van der Waals surface area contributed by atoms with Crippen LogP contribution in [0.25, 0.3) is 6.08 Å². The number of aromatic nitrogens is 2. The summed E-state index contributed by atoms with van der Waals surface area (Å²) in [4.78, 5) is 9.23.